The van der Waals surface area contributed by atoms with Crippen LogP contribution in [0.1, 0.15) is 17.3 Å². The van der Waals surface area contributed by atoms with E-state index in [2.05, 4.69) is 38.5 Å². The van der Waals surface area contributed by atoms with Crippen LogP contribution in [-0.2, 0) is 4.74 Å². The fourth-order valence-electron chi connectivity index (χ4n) is 1.83. The molecular formula is C12H13BrINO2. The van der Waals surface area contributed by atoms with E-state index in [4.69, 9.17) is 4.74 Å². The molecule has 0 aliphatic carbocycles. The number of nitrogens with zero attached hydrogens (tertiary/aromatic N) is 1. The van der Waals surface area contributed by atoms with Crippen molar-refractivity contribution in [1.82, 2.24) is 4.90 Å². The number of hydrogen-bond acceptors (Lipinski definition) is 2. The molecule has 17 heavy (non-hydrogen) atoms. The highest BCUT2D eigenvalue weighted by Gasteiger charge is 2.23. The fraction of sp³-hybridized carbons (Fsp3) is 0.417. The van der Waals surface area contributed by atoms with Crippen molar-refractivity contribution in [2.75, 3.05) is 19.7 Å². The molecular weight excluding hydrogens is 397 g/mol. The number of halogens is 2. The summed E-state index contributed by atoms with van der Waals surface area (Å²) < 4.78 is 7.36. The molecule has 1 fully saturated rings. The normalized spacial score (nSPS) is 20.4. The van der Waals surface area contributed by atoms with Crippen molar-refractivity contribution in [3.05, 3.63) is 31.8 Å². The van der Waals surface area contributed by atoms with Crippen LogP contribution in [0.4, 0.5) is 0 Å². The molecule has 1 unspecified atom stereocenters. The van der Waals surface area contributed by atoms with Crippen LogP contribution in [0.25, 0.3) is 0 Å². The Bertz CT molecular complexity index is 439. The Balaban J connectivity index is 2.21. The van der Waals surface area contributed by atoms with Gasteiger partial charge in [0.2, 0.25) is 0 Å². The third-order valence-corrected chi connectivity index (χ3v) is 4.12. The van der Waals surface area contributed by atoms with E-state index in [1.165, 1.54) is 0 Å². The Labute approximate surface area is 123 Å². The average molecular weight is 410 g/mol. The first-order valence-electron chi connectivity index (χ1n) is 5.44. The molecule has 3 nitrogen and oxygen atoms in total. The summed E-state index contributed by atoms with van der Waals surface area (Å²) >= 11 is 5.60. The second kappa shape index (κ2) is 5.67. The van der Waals surface area contributed by atoms with Gasteiger partial charge in [0, 0.05) is 21.1 Å². The molecule has 5 heteroatoms. The number of carbonyl (C=O) groups excluding carboxylic acids is 1. The van der Waals surface area contributed by atoms with E-state index in [0.717, 1.165) is 13.6 Å². The van der Waals surface area contributed by atoms with Crippen LogP contribution in [0, 0.1) is 3.57 Å². The highest BCUT2D eigenvalue weighted by atomic mass is 127. The number of carbonyl (C=O) groups is 1. The standard InChI is InChI=1S/C12H13BrINO2/c1-8-7-15(4-5-17-8)12(16)10-6-9(13)2-3-11(10)14/h2-3,6,8H,4-5,7H2,1H3. The summed E-state index contributed by atoms with van der Waals surface area (Å²) in [4.78, 5) is 14.2. The Morgan fingerprint density at radius 2 is 2.35 bits per heavy atom. The lowest BCUT2D eigenvalue weighted by Crippen LogP contribution is -2.44. The molecule has 2 rings (SSSR count). The van der Waals surface area contributed by atoms with Crippen molar-refractivity contribution >= 4 is 44.4 Å². The molecule has 1 aromatic rings. The number of rotatable bonds is 1. The summed E-state index contributed by atoms with van der Waals surface area (Å²) in [6.07, 6.45) is 0.123. The van der Waals surface area contributed by atoms with E-state index in [0.29, 0.717) is 19.7 Å². The largest absolute Gasteiger partial charge is 0.375 e. The van der Waals surface area contributed by atoms with Gasteiger partial charge in [-0.25, -0.2) is 0 Å². The van der Waals surface area contributed by atoms with Crippen molar-refractivity contribution in [3.8, 4) is 0 Å². The van der Waals surface area contributed by atoms with Crippen molar-refractivity contribution in [1.29, 1.82) is 0 Å². The van der Waals surface area contributed by atoms with Crippen molar-refractivity contribution in [2.24, 2.45) is 0 Å². The molecule has 0 N–H and O–H groups in total. The summed E-state index contributed by atoms with van der Waals surface area (Å²) in [7, 11) is 0. The molecule has 0 bridgehead atoms. The third-order valence-electron chi connectivity index (χ3n) is 2.69. The SMILES string of the molecule is CC1CN(C(=O)c2cc(Br)ccc2I)CCO1. The lowest BCUT2D eigenvalue weighted by Gasteiger charge is -2.31. The van der Waals surface area contributed by atoms with Gasteiger partial charge in [-0.2, -0.15) is 0 Å². The molecule has 0 radical (unpaired) electrons. The second-order valence-corrected chi connectivity index (χ2v) is 6.13. The summed E-state index contributed by atoms with van der Waals surface area (Å²) in [5, 5.41) is 0. The third kappa shape index (κ3) is 3.20. The lowest BCUT2D eigenvalue weighted by atomic mass is 10.2. The molecule has 92 valence electrons. The molecule has 1 saturated heterocycles. The van der Waals surface area contributed by atoms with Crippen LogP contribution in [0.2, 0.25) is 0 Å². The molecule has 1 amide bonds. The number of benzene rings is 1. The zero-order valence-corrected chi connectivity index (χ0v) is 13.2. The smallest absolute Gasteiger partial charge is 0.255 e. The van der Waals surface area contributed by atoms with Crippen LogP contribution < -0.4 is 0 Å². The molecule has 0 aromatic heterocycles. The van der Waals surface area contributed by atoms with E-state index in [1.807, 2.05) is 30.0 Å². The first-order chi connectivity index (χ1) is 8.08. The first-order valence-corrected chi connectivity index (χ1v) is 7.31. The van der Waals surface area contributed by atoms with Crippen LogP contribution in [0.3, 0.4) is 0 Å². The maximum atomic E-state index is 12.4. The number of ether oxygens (including phenoxy) is 1. The van der Waals surface area contributed by atoms with Gasteiger partial charge in [-0.1, -0.05) is 15.9 Å². The second-order valence-electron chi connectivity index (χ2n) is 4.06. The van der Waals surface area contributed by atoms with Gasteiger partial charge in [0.25, 0.3) is 5.91 Å². The zero-order valence-electron chi connectivity index (χ0n) is 9.45. The summed E-state index contributed by atoms with van der Waals surface area (Å²) in [6, 6.07) is 5.77. The summed E-state index contributed by atoms with van der Waals surface area (Å²) in [6.45, 7) is 3.95. The van der Waals surface area contributed by atoms with Crippen LogP contribution in [-0.4, -0.2) is 36.6 Å². The van der Waals surface area contributed by atoms with Gasteiger partial charge in [-0.05, 0) is 47.7 Å². The lowest BCUT2D eigenvalue weighted by molar-refractivity contribution is -0.0124. The Kier molecular flexibility index (Phi) is 4.43. The van der Waals surface area contributed by atoms with Crippen LogP contribution in [0.5, 0.6) is 0 Å². The predicted octanol–water partition coefficient (Wildman–Crippen LogP) is 2.91. The highest BCUT2D eigenvalue weighted by molar-refractivity contribution is 14.1. The van der Waals surface area contributed by atoms with Gasteiger partial charge in [-0.3, -0.25) is 4.79 Å². The van der Waals surface area contributed by atoms with Gasteiger partial charge >= 0.3 is 0 Å². The molecule has 1 aliphatic heterocycles. The molecule has 1 aliphatic rings. The van der Waals surface area contributed by atoms with Gasteiger partial charge in [0.05, 0.1) is 18.3 Å². The minimum absolute atomic E-state index is 0.0888. The molecule has 1 aromatic carbocycles. The Hall–Kier alpha value is -0.140. The van der Waals surface area contributed by atoms with Crippen molar-refractivity contribution in [3.63, 3.8) is 0 Å². The average Bonchev–Trinajstić information content (AvgIpc) is 2.31. The van der Waals surface area contributed by atoms with Gasteiger partial charge in [0.1, 0.15) is 0 Å². The fourth-order valence-corrected chi connectivity index (χ4v) is 2.76. The van der Waals surface area contributed by atoms with Gasteiger partial charge in [0.15, 0.2) is 0 Å². The minimum atomic E-state index is 0.0888. The predicted molar refractivity (Wildman–Crippen MR) is 78.2 cm³/mol. The minimum Gasteiger partial charge on any atom is -0.375 e. The first kappa shape index (κ1) is 13.3. The summed E-state index contributed by atoms with van der Waals surface area (Å²) in [5.74, 6) is 0.0888. The van der Waals surface area contributed by atoms with Crippen LogP contribution in [0.15, 0.2) is 22.7 Å². The maximum Gasteiger partial charge on any atom is 0.255 e. The maximum absolute atomic E-state index is 12.4. The van der Waals surface area contributed by atoms with E-state index in [1.54, 1.807) is 0 Å². The van der Waals surface area contributed by atoms with E-state index in [9.17, 15) is 4.79 Å². The van der Waals surface area contributed by atoms with E-state index in [-0.39, 0.29) is 12.0 Å². The molecule has 0 saturated carbocycles. The van der Waals surface area contributed by atoms with Crippen molar-refractivity contribution in [2.45, 2.75) is 13.0 Å². The molecule has 1 heterocycles. The topological polar surface area (TPSA) is 29.5 Å². The van der Waals surface area contributed by atoms with E-state index < -0.39 is 0 Å². The monoisotopic (exact) mass is 409 g/mol. The number of morpholine rings is 1. The van der Waals surface area contributed by atoms with Gasteiger partial charge in [-0.15, -0.1) is 0 Å². The zero-order chi connectivity index (χ0) is 12.4. The quantitative estimate of drug-likeness (QED) is 0.667. The summed E-state index contributed by atoms with van der Waals surface area (Å²) in [5.41, 5.74) is 0.758. The highest BCUT2D eigenvalue weighted by Crippen LogP contribution is 2.21. The van der Waals surface area contributed by atoms with Crippen molar-refractivity contribution < 1.29 is 9.53 Å². The molecule has 0 spiro atoms. The van der Waals surface area contributed by atoms with Gasteiger partial charge < -0.3 is 9.64 Å². The van der Waals surface area contributed by atoms with E-state index >= 15 is 0 Å². The Morgan fingerprint density at radius 3 is 3.06 bits per heavy atom. The van der Waals surface area contributed by atoms with Crippen LogP contribution >= 0.6 is 38.5 Å². The number of amides is 1. The molecule has 1 atom stereocenters. The Morgan fingerprint density at radius 1 is 1.59 bits per heavy atom. The number of hydrogen-bond donors (Lipinski definition) is 0.